The zero-order valence-corrected chi connectivity index (χ0v) is 16.1. The molecule has 0 bridgehead atoms. The van der Waals surface area contributed by atoms with Gasteiger partial charge in [0.2, 0.25) is 0 Å². The topological polar surface area (TPSA) is 101 Å². The van der Waals surface area contributed by atoms with Crippen LogP contribution in [0.5, 0.6) is 11.5 Å². The number of likely N-dealkylation sites (tertiary alicyclic amines) is 1. The van der Waals surface area contributed by atoms with Gasteiger partial charge < -0.3 is 24.6 Å². The maximum atomic E-state index is 12.1. The van der Waals surface area contributed by atoms with Crippen LogP contribution < -0.4 is 9.47 Å². The smallest absolute Gasteiger partial charge is 0.410 e. The van der Waals surface area contributed by atoms with E-state index in [1.807, 2.05) is 20.8 Å². The van der Waals surface area contributed by atoms with Crippen molar-refractivity contribution < 1.29 is 28.6 Å². The van der Waals surface area contributed by atoms with E-state index < -0.39 is 11.4 Å². The van der Waals surface area contributed by atoms with E-state index in [4.69, 9.17) is 19.7 Å². The van der Waals surface area contributed by atoms with E-state index in [2.05, 4.69) is 4.79 Å². The predicted octanol–water partition coefficient (Wildman–Crippen LogP) is 2.96. The number of nitrogens with zero attached hydrogens (tertiary/aromatic N) is 3. The average Bonchev–Trinajstić information content (AvgIpc) is 2.61. The van der Waals surface area contributed by atoms with Gasteiger partial charge in [-0.25, -0.2) is 4.79 Å². The summed E-state index contributed by atoms with van der Waals surface area (Å²) in [6.45, 7) is 6.56. The number of Topliss-reactive ketones (excluding diaryl/α,β-unsaturated/α-hetero) is 1. The number of para-hydroxylation sites is 1. The Labute approximate surface area is 158 Å². The van der Waals surface area contributed by atoms with Crippen molar-refractivity contribution in [1.82, 2.24) is 4.90 Å². The van der Waals surface area contributed by atoms with Crippen LogP contribution in [0.1, 0.15) is 44.0 Å². The lowest BCUT2D eigenvalue weighted by atomic mass is 10.1. The fourth-order valence-corrected chi connectivity index (χ4v) is 2.80. The van der Waals surface area contributed by atoms with Crippen LogP contribution in [-0.4, -0.2) is 59.7 Å². The fourth-order valence-electron chi connectivity index (χ4n) is 2.80. The van der Waals surface area contributed by atoms with E-state index in [1.165, 1.54) is 7.11 Å². The Morgan fingerprint density at radius 3 is 2.48 bits per heavy atom. The van der Waals surface area contributed by atoms with Gasteiger partial charge in [-0.1, -0.05) is 6.07 Å². The molecule has 8 heteroatoms. The van der Waals surface area contributed by atoms with Gasteiger partial charge in [0.05, 0.1) is 12.7 Å². The number of methoxy groups -OCH3 is 1. The summed E-state index contributed by atoms with van der Waals surface area (Å²) in [5, 5.41) is 0. The van der Waals surface area contributed by atoms with Crippen molar-refractivity contribution in [3.63, 3.8) is 0 Å². The third kappa shape index (κ3) is 5.56. The Bertz CT molecular complexity index is 742. The van der Waals surface area contributed by atoms with Crippen molar-refractivity contribution in [2.45, 2.75) is 45.3 Å². The van der Waals surface area contributed by atoms with Crippen LogP contribution >= 0.6 is 0 Å². The number of hydrogen-bond donors (Lipinski definition) is 0. The van der Waals surface area contributed by atoms with Crippen molar-refractivity contribution in [1.29, 1.82) is 0 Å². The van der Waals surface area contributed by atoms with Gasteiger partial charge in [0, 0.05) is 25.9 Å². The van der Waals surface area contributed by atoms with Gasteiger partial charge in [-0.05, 0) is 32.9 Å². The molecule has 0 saturated carbocycles. The van der Waals surface area contributed by atoms with Crippen LogP contribution in [0.15, 0.2) is 18.2 Å². The van der Waals surface area contributed by atoms with Crippen LogP contribution in [0.3, 0.4) is 0 Å². The first-order valence-corrected chi connectivity index (χ1v) is 8.78. The van der Waals surface area contributed by atoms with E-state index in [9.17, 15) is 9.59 Å². The number of carbonyl (C=O) groups is 2. The lowest BCUT2D eigenvalue weighted by Crippen LogP contribution is -2.44. The largest absolute Gasteiger partial charge is 0.492 e. The van der Waals surface area contributed by atoms with Crippen LogP contribution in [0.2, 0.25) is 0 Å². The highest BCUT2D eigenvalue weighted by molar-refractivity contribution is 6.34. The molecular weight excluding hydrogens is 350 g/mol. The number of piperidine rings is 1. The normalized spacial score (nSPS) is 14.9. The molecule has 1 aliphatic heterocycles. The molecule has 1 aromatic rings. The predicted molar refractivity (Wildman–Crippen MR) is 98.5 cm³/mol. The second-order valence-electron chi connectivity index (χ2n) is 7.23. The molecule has 146 valence electrons. The first kappa shape index (κ1) is 20.5. The minimum atomic E-state index is -0.525. The molecule has 1 heterocycles. The van der Waals surface area contributed by atoms with E-state index in [-0.39, 0.29) is 23.5 Å². The first-order chi connectivity index (χ1) is 12.7. The van der Waals surface area contributed by atoms with Gasteiger partial charge >= 0.3 is 12.3 Å². The molecule has 0 unspecified atom stereocenters. The molecule has 0 atom stereocenters. The molecule has 0 N–H and O–H groups in total. The second kappa shape index (κ2) is 8.68. The Morgan fingerprint density at radius 1 is 1.26 bits per heavy atom. The van der Waals surface area contributed by atoms with Crippen LogP contribution in [0, 0.1) is 0 Å². The van der Waals surface area contributed by atoms with Gasteiger partial charge in [-0.3, -0.25) is 4.79 Å². The number of rotatable bonds is 5. The summed E-state index contributed by atoms with van der Waals surface area (Å²) in [7, 11) is 1.44. The summed E-state index contributed by atoms with van der Waals surface area (Å²) < 4.78 is 16.7. The number of amides is 1. The van der Waals surface area contributed by atoms with E-state index >= 15 is 0 Å². The maximum absolute atomic E-state index is 12.1. The zero-order valence-electron chi connectivity index (χ0n) is 16.1. The number of ether oxygens (including phenoxy) is 3. The van der Waals surface area contributed by atoms with Gasteiger partial charge in [-0.2, -0.15) is 4.79 Å². The second-order valence-corrected chi connectivity index (χ2v) is 7.23. The van der Waals surface area contributed by atoms with E-state index in [1.54, 1.807) is 23.1 Å². The molecule has 2 rings (SSSR count). The highest BCUT2D eigenvalue weighted by Crippen LogP contribution is 2.33. The van der Waals surface area contributed by atoms with Crippen LogP contribution in [-0.2, 0) is 4.74 Å². The van der Waals surface area contributed by atoms with Crippen molar-refractivity contribution in [2.24, 2.45) is 0 Å². The third-order valence-electron chi connectivity index (χ3n) is 4.01. The molecule has 0 spiro atoms. The quantitative estimate of drug-likeness (QED) is 0.341. The zero-order chi connectivity index (χ0) is 20.0. The fraction of sp³-hybridized carbons (Fsp3) is 0.526. The molecule has 8 nitrogen and oxygen atoms in total. The Hall–Kier alpha value is -2.86. The van der Waals surface area contributed by atoms with Gasteiger partial charge in [-0.15, -0.1) is 0 Å². The molecule has 0 aliphatic carbocycles. The Kier molecular flexibility index (Phi) is 6.58. The van der Waals surface area contributed by atoms with Crippen LogP contribution in [0.25, 0.3) is 5.53 Å². The first-order valence-electron chi connectivity index (χ1n) is 8.78. The number of ketones is 1. The molecule has 1 saturated heterocycles. The minimum Gasteiger partial charge on any atom is -0.492 e. The summed E-state index contributed by atoms with van der Waals surface area (Å²) in [4.78, 5) is 28.6. The molecule has 0 radical (unpaired) electrons. The molecule has 1 aromatic carbocycles. The minimum absolute atomic E-state index is 0.116. The summed E-state index contributed by atoms with van der Waals surface area (Å²) in [5.74, 6) is 0.238. The highest BCUT2D eigenvalue weighted by Gasteiger charge is 2.28. The highest BCUT2D eigenvalue weighted by atomic mass is 16.6. The summed E-state index contributed by atoms with van der Waals surface area (Å²) >= 11 is 0. The SMILES string of the molecule is COc1c(OC2CCN(C(=O)OC(C)(C)C)CC2)cccc1C(=O)C=[N+]=[N-]. The molecule has 1 amide bonds. The van der Waals surface area contributed by atoms with E-state index in [0.29, 0.717) is 31.7 Å². The van der Waals surface area contributed by atoms with Crippen molar-refractivity contribution >= 4 is 18.1 Å². The number of hydrogen-bond acceptors (Lipinski definition) is 5. The maximum Gasteiger partial charge on any atom is 0.410 e. The molecule has 27 heavy (non-hydrogen) atoms. The molecule has 1 aliphatic rings. The van der Waals surface area contributed by atoms with Crippen LogP contribution in [0.4, 0.5) is 4.79 Å². The molecule has 0 aromatic heterocycles. The number of benzene rings is 1. The third-order valence-corrected chi connectivity index (χ3v) is 4.01. The van der Waals surface area contributed by atoms with Crippen molar-refractivity contribution in [3.8, 4) is 11.5 Å². The lowest BCUT2D eigenvalue weighted by Gasteiger charge is -2.33. The molecule has 1 fully saturated rings. The average molecular weight is 375 g/mol. The van der Waals surface area contributed by atoms with Crippen molar-refractivity contribution in [2.75, 3.05) is 20.2 Å². The van der Waals surface area contributed by atoms with Crippen molar-refractivity contribution in [3.05, 3.63) is 29.3 Å². The lowest BCUT2D eigenvalue weighted by molar-refractivity contribution is 0.00231. The van der Waals surface area contributed by atoms with Gasteiger partial charge in [0.15, 0.2) is 11.5 Å². The summed E-state index contributed by atoms with van der Waals surface area (Å²) in [5.41, 5.74) is 8.29. The van der Waals surface area contributed by atoms with E-state index in [0.717, 1.165) is 6.21 Å². The van der Waals surface area contributed by atoms with Gasteiger partial charge in [0.1, 0.15) is 11.7 Å². The molecular formula is C19H25N3O5. The monoisotopic (exact) mass is 375 g/mol. The summed E-state index contributed by atoms with van der Waals surface area (Å²) in [6.07, 6.45) is 1.64. The Balaban J connectivity index is 2.03. The Morgan fingerprint density at radius 2 is 1.93 bits per heavy atom. The summed E-state index contributed by atoms with van der Waals surface area (Å²) in [6, 6.07) is 4.96. The standard InChI is InChI=1S/C19H25N3O5/c1-19(2,3)27-18(24)22-10-8-13(9-11-22)26-16-7-5-6-14(17(16)25-4)15(23)12-21-20/h5-7,12-13H,8-11H2,1-4H3. The number of carbonyl (C=O) groups excluding carboxylic acids is 2. The van der Waals surface area contributed by atoms with Gasteiger partial charge in [0.25, 0.3) is 5.78 Å².